The van der Waals surface area contributed by atoms with Gasteiger partial charge in [-0.2, -0.15) is 13.2 Å². The lowest BCUT2D eigenvalue weighted by molar-refractivity contribution is -0.137. The van der Waals surface area contributed by atoms with Gasteiger partial charge in [-0.3, -0.25) is 0 Å². The van der Waals surface area contributed by atoms with E-state index in [9.17, 15) is 13.2 Å². The van der Waals surface area contributed by atoms with Crippen LogP contribution in [-0.4, -0.2) is 11.6 Å². The molecule has 0 saturated heterocycles. The quantitative estimate of drug-likeness (QED) is 0.893. The van der Waals surface area contributed by atoms with E-state index in [1.54, 1.807) is 6.07 Å². The molecule has 0 atom stereocenters. The van der Waals surface area contributed by atoms with E-state index < -0.39 is 11.7 Å². The van der Waals surface area contributed by atoms with Crippen molar-refractivity contribution in [1.82, 2.24) is 9.88 Å². The fourth-order valence-electron chi connectivity index (χ4n) is 2.40. The Morgan fingerprint density at radius 2 is 1.89 bits per heavy atom. The first-order chi connectivity index (χ1) is 8.84. The van der Waals surface area contributed by atoms with E-state index in [0.29, 0.717) is 11.9 Å². The molecular formula is C14H17F3N2. The summed E-state index contributed by atoms with van der Waals surface area (Å²) in [6.45, 7) is 4.68. The molecular weight excluding hydrogens is 253 g/mol. The van der Waals surface area contributed by atoms with Gasteiger partial charge in [-0.15, -0.1) is 0 Å². The molecule has 2 nitrogen and oxygen atoms in total. The molecule has 2 aromatic rings. The molecule has 0 radical (unpaired) electrons. The highest BCUT2D eigenvalue weighted by atomic mass is 19.4. The van der Waals surface area contributed by atoms with Crippen molar-refractivity contribution in [2.45, 2.75) is 32.6 Å². The Balaban J connectivity index is 2.62. The molecule has 0 unspecified atom stereocenters. The van der Waals surface area contributed by atoms with Gasteiger partial charge in [0.05, 0.1) is 5.56 Å². The van der Waals surface area contributed by atoms with Crippen LogP contribution in [0.5, 0.6) is 0 Å². The van der Waals surface area contributed by atoms with Crippen molar-refractivity contribution in [2.75, 3.05) is 7.05 Å². The molecule has 0 bridgehead atoms. The number of aromatic nitrogens is 1. The van der Waals surface area contributed by atoms with Crippen LogP contribution in [0.1, 0.15) is 31.1 Å². The topological polar surface area (TPSA) is 17.0 Å². The summed E-state index contributed by atoms with van der Waals surface area (Å²) in [7, 11) is 1.82. The molecule has 2 rings (SSSR count). The monoisotopic (exact) mass is 270 g/mol. The van der Waals surface area contributed by atoms with Gasteiger partial charge in [0.1, 0.15) is 0 Å². The van der Waals surface area contributed by atoms with Gasteiger partial charge in [0.25, 0.3) is 0 Å². The maximum atomic E-state index is 12.7. The van der Waals surface area contributed by atoms with Crippen molar-refractivity contribution < 1.29 is 13.2 Å². The Kier molecular flexibility index (Phi) is 3.58. The zero-order chi connectivity index (χ0) is 14.2. The summed E-state index contributed by atoms with van der Waals surface area (Å²) in [6.07, 6.45) is -4.29. The molecule has 19 heavy (non-hydrogen) atoms. The number of fused-ring (bicyclic) bond motifs is 1. The molecule has 0 aliphatic rings. The molecule has 0 aliphatic heterocycles. The van der Waals surface area contributed by atoms with Gasteiger partial charge in [-0.25, -0.2) is 0 Å². The second-order valence-electron chi connectivity index (χ2n) is 4.90. The fraction of sp³-hybridized carbons (Fsp3) is 0.429. The maximum absolute atomic E-state index is 12.7. The van der Waals surface area contributed by atoms with Crippen molar-refractivity contribution >= 4 is 10.9 Å². The molecule has 0 saturated carbocycles. The first-order valence-electron chi connectivity index (χ1n) is 6.20. The van der Waals surface area contributed by atoms with E-state index in [-0.39, 0.29) is 6.04 Å². The van der Waals surface area contributed by atoms with Crippen LogP contribution >= 0.6 is 0 Å². The predicted octanol–water partition coefficient (Wildman–Crippen LogP) is 3.96. The number of alkyl halides is 3. The zero-order valence-corrected chi connectivity index (χ0v) is 11.2. The van der Waals surface area contributed by atoms with Gasteiger partial charge in [0.2, 0.25) is 0 Å². The SMILES string of the molecule is CNCc1cc2cc(C(F)(F)F)ccc2n1C(C)C. The molecule has 1 aromatic carbocycles. The summed E-state index contributed by atoms with van der Waals surface area (Å²) in [5.41, 5.74) is 1.23. The zero-order valence-electron chi connectivity index (χ0n) is 11.2. The van der Waals surface area contributed by atoms with Crippen LogP contribution in [0.3, 0.4) is 0 Å². The molecule has 0 aliphatic carbocycles. The standard InChI is InChI=1S/C14H17F3N2/c1-9(2)19-12(8-18-3)7-10-6-11(14(15,16)17)4-5-13(10)19/h4-7,9,18H,8H2,1-3H3. The average Bonchev–Trinajstić information content (AvgIpc) is 2.65. The fourth-order valence-corrected chi connectivity index (χ4v) is 2.40. The number of hydrogen-bond donors (Lipinski definition) is 1. The first-order valence-corrected chi connectivity index (χ1v) is 6.20. The third-order valence-electron chi connectivity index (χ3n) is 3.12. The van der Waals surface area contributed by atoms with Gasteiger partial charge >= 0.3 is 6.18 Å². The van der Waals surface area contributed by atoms with Crippen LogP contribution in [0.25, 0.3) is 10.9 Å². The molecule has 1 heterocycles. The van der Waals surface area contributed by atoms with Crippen LogP contribution in [0.15, 0.2) is 24.3 Å². The first kappa shape index (κ1) is 13.9. The number of halogens is 3. The molecule has 104 valence electrons. The maximum Gasteiger partial charge on any atom is 0.416 e. The van der Waals surface area contributed by atoms with E-state index in [1.807, 2.05) is 27.0 Å². The highest BCUT2D eigenvalue weighted by Crippen LogP contribution is 2.33. The van der Waals surface area contributed by atoms with Crippen molar-refractivity contribution in [3.05, 3.63) is 35.5 Å². The van der Waals surface area contributed by atoms with Crippen molar-refractivity contribution in [2.24, 2.45) is 0 Å². The Hall–Kier alpha value is -1.49. The third-order valence-corrected chi connectivity index (χ3v) is 3.12. The smallest absolute Gasteiger partial charge is 0.341 e. The average molecular weight is 270 g/mol. The Morgan fingerprint density at radius 1 is 1.21 bits per heavy atom. The van der Waals surface area contributed by atoms with Gasteiger partial charge in [-0.05, 0) is 45.2 Å². The predicted molar refractivity (Wildman–Crippen MR) is 70.1 cm³/mol. The second-order valence-corrected chi connectivity index (χ2v) is 4.90. The second kappa shape index (κ2) is 4.89. The number of nitrogens with one attached hydrogen (secondary N) is 1. The number of nitrogens with zero attached hydrogens (tertiary/aromatic N) is 1. The Bertz CT molecular complexity index is 582. The van der Waals surface area contributed by atoms with Crippen molar-refractivity contribution in [3.8, 4) is 0 Å². The van der Waals surface area contributed by atoms with Gasteiger partial charge in [0.15, 0.2) is 0 Å². The van der Waals surface area contributed by atoms with Crippen molar-refractivity contribution in [3.63, 3.8) is 0 Å². The van der Waals surface area contributed by atoms with E-state index in [1.165, 1.54) is 6.07 Å². The summed E-state index contributed by atoms with van der Waals surface area (Å²) < 4.78 is 40.2. The van der Waals surface area contributed by atoms with Gasteiger partial charge < -0.3 is 9.88 Å². The molecule has 0 amide bonds. The lowest BCUT2D eigenvalue weighted by Gasteiger charge is -2.14. The molecule has 1 aromatic heterocycles. The number of rotatable bonds is 3. The highest BCUT2D eigenvalue weighted by molar-refractivity contribution is 5.82. The minimum atomic E-state index is -4.29. The van der Waals surface area contributed by atoms with E-state index in [0.717, 1.165) is 17.3 Å². The summed E-state index contributed by atoms with van der Waals surface area (Å²) >= 11 is 0. The lowest BCUT2D eigenvalue weighted by atomic mass is 10.1. The molecule has 0 spiro atoms. The summed E-state index contributed by atoms with van der Waals surface area (Å²) in [5.74, 6) is 0. The number of benzene rings is 1. The Labute approximate surface area is 110 Å². The van der Waals surface area contributed by atoms with Crippen LogP contribution < -0.4 is 5.32 Å². The minimum Gasteiger partial charge on any atom is -0.341 e. The van der Waals surface area contributed by atoms with Crippen LogP contribution in [0.2, 0.25) is 0 Å². The van der Waals surface area contributed by atoms with E-state index in [2.05, 4.69) is 9.88 Å². The van der Waals surface area contributed by atoms with Crippen LogP contribution in [-0.2, 0) is 12.7 Å². The summed E-state index contributed by atoms with van der Waals surface area (Å²) in [5, 5.41) is 3.68. The lowest BCUT2D eigenvalue weighted by Crippen LogP contribution is -2.12. The molecule has 1 N–H and O–H groups in total. The van der Waals surface area contributed by atoms with Crippen molar-refractivity contribution in [1.29, 1.82) is 0 Å². The normalized spacial score (nSPS) is 12.6. The highest BCUT2D eigenvalue weighted by Gasteiger charge is 2.30. The minimum absolute atomic E-state index is 0.206. The molecule has 5 heteroatoms. The van der Waals surface area contributed by atoms with E-state index in [4.69, 9.17) is 0 Å². The summed E-state index contributed by atoms with van der Waals surface area (Å²) in [4.78, 5) is 0. The van der Waals surface area contributed by atoms with E-state index >= 15 is 0 Å². The Morgan fingerprint density at radius 3 is 2.42 bits per heavy atom. The van der Waals surface area contributed by atoms with Crippen LogP contribution in [0.4, 0.5) is 13.2 Å². The summed E-state index contributed by atoms with van der Waals surface area (Å²) in [6, 6.07) is 5.94. The number of hydrogen-bond acceptors (Lipinski definition) is 1. The molecule has 0 fully saturated rings. The van der Waals surface area contributed by atoms with Gasteiger partial charge in [-0.1, -0.05) is 0 Å². The third kappa shape index (κ3) is 2.61. The van der Waals surface area contributed by atoms with Crippen LogP contribution in [0, 0.1) is 0 Å². The van der Waals surface area contributed by atoms with Gasteiger partial charge in [0, 0.05) is 29.2 Å². The largest absolute Gasteiger partial charge is 0.416 e.